The Kier molecular flexibility index (Phi) is 10.2. The van der Waals surface area contributed by atoms with Crippen molar-refractivity contribution in [3.8, 4) is 6.07 Å². The number of carbonyl (C=O) groups excluding carboxylic acids is 1. The van der Waals surface area contributed by atoms with Crippen molar-refractivity contribution >= 4 is 60.2 Å². The minimum absolute atomic E-state index is 0.197. The van der Waals surface area contributed by atoms with Crippen molar-refractivity contribution in [3.63, 3.8) is 0 Å². The summed E-state index contributed by atoms with van der Waals surface area (Å²) in [6, 6.07) is 1.45. The van der Waals surface area contributed by atoms with Crippen molar-refractivity contribution in [1.29, 1.82) is 5.26 Å². The molecule has 0 fully saturated rings. The van der Waals surface area contributed by atoms with Gasteiger partial charge in [-0.15, -0.1) is 0 Å². The number of sulfone groups is 2. The van der Waals surface area contributed by atoms with Crippen LogP contribution in [0.25, 0.3) is 0 Å². The van der Waals surface area contributed by atoms with Gasteiger partial charge in [0.05, 0.1) is 6.07 Å². The predicted octanol–water partition coefficient (Wildman–Crippen LogP) is -1.91. The van der Waals surface area contributed by atoms with E-state index in [1.165, 1.54) is 0 Å². The molecule has 0 saturated heterocycles. The van der Waals surface area contributed by atoms with Crippen LogP contribution in [0.1, 0.15) is 20.8 Å². The fourth-order valence-electron chi connectivity index (χ4n) is 2.45. The lowest BCUT2D eigenvalue weighted by Gasteiger charge is -2.39. The molecule has 0 aliphatic heterocycles. The molecule has 0 aliphatic carbocycles. The molecule has 0 heterocycles. The molecule has 0 bridgehead atoms. The monoisotopic (exact) mass is 486 g/mol. The van der Waals surface area contributed by atoms with Crippen molar-refractivity contribution in [2.75, 3.05) is 25.6 Å². The van der Waals surface area contributed by atoms with Crippen LogP contribution >= 0.6 is 24.4 Å². The van der Waals surface area contributed by atoms with E-state index in [0.29, 0.717) is 19.1 Å². The number of hydrogen-bond donors (Lipinski definition) is 5. The van der Waals surface area contributed by atoms with Crippen LogP contribution in [0.3, 0.4) is 0 Å². The highest BCUT2D eigenvalue weighted by atomic mass is 32.3. The molecular weight excluding hydrogens is 460 g/mol. The van der Waals surface area contributed by atoms with Crippen LogP contribution < -0.4 is 26.6 Å². The summed E-state index contributed by atoms with van der Waals surface area (Å²) in [5.41, 5.74) is -2.56. The molecule has 0 aromatic carbocycles. The highest BCUT2D eigenvalue weighted by Gasteiger charge is 2.57. The van der Waals surface area contributed by atoms with Gasteiger partial charge in [0, 0.05) is 25.1 Å². The summed E-state index contributed by atoms with van der Waals surface area (Å²) >= 11 is 10.2. The minimum Gasteiger partial charge on any atom is -0.363 e. The third-order valence-corrected chi connectivity index (χ3v) is 8.02. The summed E-state index contributed by atoms with van der Waals surface area (Å²) in [4.78, 5) is 13.0. The SMILES string of the molecule is CCNC(=S)NC(NC(=S)NC(C)C)(C(=O)NCC#N)C(S(C)(=O)=O)S(C)(=O)=O. The van der Waals surface area contributed by atoms with Gasteiger partial charge in [0.25, 0.3) is 5.91 Å². The summed E-state index contributed by atoms with van der Waals surface area (Å²) in [5.74, 6) is -1.15. The maximum Gasteiger partial charge on any atom is 0.269 e. The van der Waals surface area contributed by atoms with E-state index >= 15 is 0 Å². The van der Waals surface area contributed by atoms with Crippen LogP contribution in [0.5, 0.6) is 0 Å². The Labute approximate surface area is 182 Å². The van der Waals surface area contributed by atoms with Crippen molar-refractivity contribution in [1.82, 2.24) is 26.6 Å². The molecule has 166 valence electrons. The second-order valence-corrected chi connectivity index (χ2v) is 11.8. The standard InChI is InChI=1S/C14H26N6O5S4/c1-6-16-12(26)19-14(10(21)17-8-7-15,20-13(27)18-9(2)3)11(28(4,22)23)29(5,24)25/h9,11H,6,8H2,1-5H3,(H,17,21)(H2,16,19,26)(H2,18,20,27). The van der Waals surface area contributed by atoms with Gasteiger partial charge in [-0.05, 0) is 45.2 Å². The summed E-state index contributed by atoms with van der Waals surface area (Å²) in [7, 11) is -8.83. The molecule has 0 saturated carbocycles. The second kappa shape index (κ2) is 10.9. The Morgan fingerprint density at radius 2 is 1.52 bits per heavy atom. The highest BCUT2D eigenvalue weighted by Crippen LogP contribution is 2.22. The lowest BCUT2D eigenvalue weighted by atomic mass is 10.1. The van der Waals surface area contributed by atoms with E-state index in [-0.39, 0.29) is 16.3 Å². The maximum absolute atomic E-state index is 13.0. The Bertz CT molecular complexity index is 849. The molecule has 0 aromatic rings. The average Bonchev–Trinajstić information content (AvgIpc) is 2.48. The molecule has 11 nitrogen and oxygen atoms in total. The van der Waals surface area contributed by atoms with Crippen molar-refractivity contribution in [2.45, 2.75) is 37.1 Å². The average molecular weight is 487 g/mol. The number of nitrogens with zero attached hydrogens (tertiary/aromatic N) is 1. The van der Waals surface area contributed by atoms with Crippen LogP contribution in [0, 0.1) is 11.3 Å². The van der Waals surface area contributed by atoms with Gasteiger partial charge in [-0.25, -0.2) is 16.8 Å². The number of rotatable bonds is 9. The van der Waals surface area contributed by atoms with Gasteiger partial charge in [0.15, 0.2) is 29.9 Å². The molecule has 1 amide bonds. The molecule has 15 heteroatoms. The lowest BCUT2D eigenvalue weighted by molar-refractivity contribution is -0.127. The van der Waals surface area contributed by atoms with Gasteiger partial charge in [0.1, 0.15) is 6.54 Å². The normalized spacial score (nSPS) is 13.7. The Hall–Kier alpha value is -1.76. The summed E-state index contributed by atoms with van der Waals surface area (Å²) < 4.78 is 47.7. The summed E-state index contributed by atoms with van der Waals surface area (Å²) in [5, 5.41) is 20.9. The number of nitriles is 1. The van der Waals surface area contributed by atoms with Gasteiger partial charge < -0.3 is 26.6 Å². The van der Waals surface area contributed by atoms with Gasteiger partial charge in [-0.3, -0.25) is 4.79 Å². The molecule has 0 spiro atoms. The maximum atomic E-state index is 13.0. The third-order valence-electron chi connectivity index (χ3n) is 3.20. The number of nitrogens with one attached hydrogen (secondary N) is 5. The first-order valence-electron chi connectivity index (χ1n) is 8.29. The zero-order chi connectivity index (χ0) is 23.0. The number of carbonyl (C=O) groups is 1. The Morgan fingerprint density at radius 3 is 1.90 bits per heavy atom. The van der Waals surface area contributed by atoms with E-state index in [4.69, 9.17) is 29.7 Å². The van der Waals surface area contributed by atoms with Crippen LogP contribution in [0.2, 0.25) is 0 Å². The van der Waals surface area contributed by atoms with Gasteiger partial charge >= 0.3 is 0 Å². The van der Waals surface area contributed by atoms with Crippen molar-refractivity contribution in [3.05, 3.63) is 0 Å². The smallest absolute Gasteiger partial charge is 0.269 e. The first kappa shape index (κ1) is 27.2. The van der Waals surface area contributed by atoms with Crippen molar-refractivity contribution in [2.24, 2.45) is 0 Å². The predicted molar refractivity (Wildman–Crippen MR) is 118 cm³/mol. The van der Waals surface area contributed by atoms with E-state index in [1.54, 1.807) is 26.8 Å². The molecule has 0 rings (SSSR count). The molecule has 5 N–H and O–H groups in total. The molecule has 1 atom stereocenters. The fourth-order valence-corrected chi connectivity index (χ4v) is 7.43. The van der Waals surface area contributed by atoms with E-state index in [0.717, 1.165) is 0 Å². The first-order valence-corrected chi connectivity index (χ1v) is 13.0. The largest absolute Gasteiger partial charge is 0.363 e. The van der Waals surface area contributed by atoms with E-state index < -0.39 is 42.4 Å². The second-order valence-electron chi connectivity index (χ2n) is 6.38. The molecule has 1 unspecified atom stereocenters. The molecule has 0 radical (unpaired) electrons. The highest BCUT2D eigenvalue weighted by molar-refractivity contribution is 8.08. The Morgan fingerprint density at radius 1 is 1.03 bits per heavy atom. The first-order chi connectivity index (χ1) is 13.1. The summed E-state index contributed by atoms with van der Waals surface area (Å²) in [6.45, 7) is 4.94. The number of thiocarbonyl (C=S) groups is 2. The molecule has 0 aromatic heterocycles. The zero-order valence-electron chi connectivity index (χ0n) is 16.7. The minimum atomic E-state index is -4.42. The summed E-state index contributed by atoms with van der Waals surface area (Å²) in [6.07, 6.45) is 1.34. The van der Waals surface area contributed by atoms with Crippen molar-refractivity contribution < 1.29 is 21.6 Å². The zero-order valence-corrected chi connectivity index (χ0v) is 20.0. The lowest BCUT2D eigenvalue weighted by Crippen LogP contribution is -2.78. The topological polar surface area (TPSA) is 169 Å². The van der Waals surface area contributed by atoms with E-state index in [1.807, 2.05) is 0 Å². The number of amides is 1. The van der Waals surface area contributed by atoms with Crippen LogP contribution in [0.15, 0.2) is 0 Å². The molecule has 0 aliphatic rings. The van der Waals surface area contributed by atoms with Crippen LogP contribution in [-0.2, 0) is 24.5 Å². The molecular formula is C14H26N6O5S4. The molecule has 29 heavy (non-hydrogen) atoms. The van der Waals surface area contributed by atoms with Gasteiger partial charge in [-0.1, -0.05) is 0 Å². The van der Waals surface area contributed by atoms with Crippen LogP contribution in [-0.4, -0.2) is 74.9 Å². The fraction of sp³-hybridized carbons (Fsp3) is 0.714. The Balaban J connectivity index is 6.84. The van der Waals surface area contributed by atoms with Gasteiger partial charge in [0.2, 0.25) is 10.2 Å². The van der Waals surface area contributed by atoms with E-state index in [9.17, 15) is 21.6 Å². The quantitative estimate of drug-likeness (QED) is 0.139. The van der Waals surface area contributed by atoms with Gasteiger partial charge in [-0.2, -0.15) is 5.26 Å². The van der Waals surface area contributed by atoms with E-state index in [2.05, 4.69) is 26.6 Å². The van der Waals surface area contributed by atoms with Crippen LogP contribution in [0.4, 0.5) is 0 Å². The third kappa shape index (κ3) is 8.25. The number of hydrogen-bond acceptors (Lipinski definition) is 8.